The van der Waals surface area contributed by atoms with Crippen LogP contribution < -0.4 is 5.30 Å². The van der Waals surface area contributed by atoms with E-state index in [0.29, 0.717) is 11.8 Å². The van der Waals surface area contributed by atoms with Crippen molar-refractivity contribution < 1.29 is 4.42 Å². The molecule has 0 aliphatic rings. The zero-order valence-corrected chi connectivity index (χ0v) is 9.63. The highest BCUT2D eigenvalue weighted by atomic mass is 31.0. The van der Waals surface area contributed by atoms with Crippen molar-refractivity contribution in [1.29, 1.82) is 0 Å². The van der Waals surface area contributed by atoms with E-state index in [9.17, 15) is 0 Å². The normalized spacial score (nSPS) is 10.5. The van der Waals surface area contributed by atoms with Crippen molar-refractivity contribution in [3.8, 4) is 11.6 Å². The fraction of sp³-hybridized carbons (Fsp3) is 0.300. The summed E-state index contributed by atoms with van der Waals surface area (Å²) in [4.78, 5) is 4.20. The Hall–Kier alpha value is -1.28. The van der Waals surface area contributed by atoms with Crippen LogP contribution in [0.5, 0.6) is 0 Å². The molecule has 0 aliphatic carbocycles. The number of rotatable bonds is 3. The summed E-state index contributed by atoms with van der Waals surface area (Å²) >= 11 is 0. The fourth-order valence-electron chi connectivity index (χ4n) is 1.20. The van der Waals surface area contributed by atoms with Crippen LogP contribution in [0.1, 0.15) is 19.2 Å². The molecule has 0 spiro atoms. The van der Waals surface area contributed by atoms with Gasteiger partial charge < -0.3 is 4.42 Å². The van der Waals surface area contributed by atoms with Gasteiger partial charge in [0.25, 0.3) is 5.89 Å². The number of hydrogen-bond acceptors (Lipinski definition) is 4. The summed E-state index contributed by atoms with van der Waals surface area (Å²) in [6, 6.07) is 3.81. The molecule has 1 unspecified atom stereocenters. The van der Waals surface area contributed by atoms with Gasteiger partial charge in [0.05, 0.1) is 0 Å². The lowest BCUT2D eigenvalue weighted by atomic mass is 10.3. The Morgan fingerprint density at radius 1 is 1.33 bits per heavy atom. The molecular weight excluding hydrogens is 209 g/mol. The summed E-state index contributed by atoms with van der Waals surface area (Å²) in [5, 5.41) is 8.93. The third kappa shape index (κ3) is 2.39. The molecule has 0 fully saturated rings. The van der Waals surface area contributed by atoms with Gasteiger partial charge in [-0.25, -0.2) is 0 Å². The molecule has 15 heavy (non-hydrogen) atoms. The molecule has 5 heteroatoms. The number of hydrogen-bond donors (Lipinski definition) is 0. The summed E-state index contributed by atoms with van der Waals surface area (Å²) in [7, 11) is 2.58. The van der Waals surface area contributed by atoms with Gasteiger partial charge in [0.2, 0.25) is 5.89 Å². The Bertz CT molecular complexity index is 438. The van der Waals surface area contributed by atoms with Crippen LogP contribution in [-0.2, 0) is 6.42 Å². The van der Waals surface area contributed by atoms with Crippen LogP contribution in [0.4, 0.5) is 0 Å². The van der Waals surface area contributed by atoms with Crippen molar-refractivity contribution in [3.05, 3.63) is 24.2 Å². The predicted octanol–water partition coefficient (Wildman–Crippen LogP) is 1.58. The summed E-state index contributed by atoms with van der Waals surface area (Å²) in [5.41, 5.74) is 0.719. The first-order chi connectivity index (χ1) is 7.29. The van der Waals surface area contributed by atoms with E-state index >= 15 is 0 Å². The van der Waals surface area contributed by atoms with Gasteiger partial charge in [-0.05, 0) is 17.8 Å². The number of pyridine rings is 1. The second-order valence-electron chi connectivity index (χ2n) is 3.23. The van der Waals surface area contributed by atoms with Crippen LogP contribution in [0, 0.1) is 0 Å². The molecule has 1 atom stereocenters. The SMILES string of the molecule is CCCc1nnc(-c2ccc(P)cn2)o1. The van der Waals surface area contributed by atoms with Crippen molar-refractivity contribution >= 4 is 14.5 Å². The second-order valence-corrected chi connectivity index (χ2v) is 3.89. The number of aromatic nitrogens is 3. The Balaban J connectivity index is 2.25. The molecule has 2 aromatic rings. The minimum Gasteiger partial charge on any atom is -0.419 e. The van der Waals surface area contributed by atoms with Gasteiger partial charge in [0.1, 0.15) is 5.69 Å². The van der Waals surface area contributed by atoms with E-state index in [2.05, 4.69) is 31.3 Å². The molecule has 0 radical (unpaired) electrons. The molecule has 4 nitrogen and oxygen atoms in total. The summed E-state index contributed by atoms with van der Waals surface area (Å²) < 4.78 is 5.46. The Morgan fingerprint density at radius 2 is 2.20 bits per heavy atom. The van der Waals surface area contributed by atoms with Gasteiger partial charge in [-0.15, -0.1) is 19.4 Å². The maximum Gasteiger partial charge on any atom is 0.266 e. The first-order valence-electron chi connectivity index (χ1n) is 4.84. The summed E-state index contributed by atoms with van der Waals surface area (Å²) in [6.07, 6.45) is 3.57. The molecule has 0 aromatic carbocycles. The predicted molar refractivity (Wildman–Crippen MR) is 60.9 cm³/mol. The van der Waals surface area contributed by atoms with Gasteiger partial charge in [0.15, 0.2) is 0 Å². The van der Waals surface area contributed by atoms with Crippen LogP contribution in [0.3, 0.4) is 0 Å². The van der Waals surface area contributed by atoms with Gasteiger partial charge in [-0.2, -0.15) is 0 Å². The summed E-state index contributed by atoms with van der Waals surface area (Å²) in [6.45, 7) is 2.07. The highest BCUT2D eigenvalue weighted by Crippen LogP contribution is 2.14. The first-order valence-corrected chi connectivity index (χ1v) is 5.41. The third-order valence-electron chi connectivity index (χ3n) is 1.94. The van der Waals surface area contributed by atoms with E-state index in [1.807, 2.05) is 12.1 Å². The lowest BCUT2D eigenvalue weighted by Gasteiger charge is -1.94. The Kier molecular flexibility index (Phi) is 3.07. The molecule has 2 rings (SSSR count). The largest absolute Gasteiger partial charge is 0.419 e. The van der Waals surface area contributed by atoms with Gasteiger partial charge in [-0.1, -0.05) is 13.0 Å². The molecular formula is C10H12N3OP. The molecule has 2 heterocycles. The molecule has 2 aromatic heterocycles. The van der Waals surface area contributed by atoms with Gasteiger partial charge in [0, 0.05) is 12.6 Å². The van der Waals surface area contributed by atoms with Gasteiger partial charge >= 0.3 is 0 Å². The Morgan fingerprint density at radius 3 is 2.87 bits per heavy atom. The highest BCUT2D eigenvalue weighted by molar-refractivity contribution is 7.27. The van der Waals surface area contributed by atoms with Crippen LogP contribution >= 0.6 is 9.24 Å². The molecule has 0 saturated heterocycles. The molecule has 0 bridgehead atoms. The summed E-state index contributed by atoms with van der Waals surface area (Å²) in [5.74, 6) is 1.16. The highest BCUT2D eigenvalue weighted by Gasteiger charge is 2.08. The Labute approximate surface area is 90.3 Å². The standard InChI is InChI=1S/C10H12N3OP/c1-2-3-9-12-13-10(14-9)8-5-4-7(15)6-11-8/h4-6H,2-3,15H2,1H3. The molecule has 0 saturated carbocycles. The van der Waals surface area contributed by atoms with Gasteiger partial charge in [-0.3, -0.25) is 4.98 Å². The minimum atomic E-state index is 0.489. The van der Waals surface area contributed by atoms with Crippen LogP contribution in [0.25, 0.3) is 11.6 Å². The van der Waals surface area contributed by atoms with Crippen LogP contribution in [0.2, 0.25) is 0 Å². The van der Waals surface area contributed by atoms with Crippen molar-refractivity contribution in [2.24, 2.45) is 0 Å². The monoisotopic (exact) mass is 221 g/mol. The number of aryl methyl sites for hydroxylation is 1. The lowest BCUT2D eigenvalue weighted by molar-refractivity contribution is 0.501. The molecule has 78 valence electrons. The van der Waals surface area contributed by atoms with E-state index in [1.54, 1.807) is 6.20 Å². The molecule has 0 aliphatic heterocycles. The van der Waals surface area contributed by atoms with E-state index in [0.717, 1.165) is 23.8 Å². The second kappa shape index (κ2) is 4.49. The number of nitrogens with zero attached hydrogens (tertiary/aromatic N) is 3. The third-order valence-corrected chi connectivity index (χ3v) is 2.28. The molecule has 0 N–H and O–H groups in total. The molecule has 0 amide bonds. The minimum absolute atomic E-state index is 0.489. The van der Waals surface area contributed by atoms with E-state index in [4.69, 9.17) is 4.42 Å². The fourth-order valence-corrected chi connectivity index (χ4v) is 1.37. The van der Waals surface area contributed by atoms with Crippen molar-refractivity contribution in [3.63, 3.8) is 0 Å². The van der Waals surface area contributed by atoms with Crippen molar-refractivity contribution in [2.45, 2.75) is 19.8 Å². The van der Waals surface area contributed by atoms with E-state index in [-0.39, 0.29) is 0 Å². The average Bonchev–Trinajstić information content (AvgIpc) is 2.68. The maximum absolute atomic E-state index is 5.46. The van der Waals surface area contributed by atoms with Crippen LogP contribution in [-0.4, -0.2) is 15.2 Å². The quantitative estimate of drug-likeness (QED) is 0.738. The van der Waals surface area contributed by atoms with Crippen molar-refractivity contribution in [2.75, 3.05) is 0 Å². The first kappa shape index (κ1) is 10.2. The zero-order valence-electron chi connectivity index (χ0n) is 8.47. The van der Waals surface area contributed by atoms with E-state index < -0.39 is 0 Å². The smallest absolute Gasteiger partial charge is 0.266 e. The van der Waals surface area contributed by atoms with E-state index in [1.165, 1.54) is 0 Å². The van der Waals surface area contributed by atoms with Crippen molar-refractivity contribution in [1.82, 2.24) is 15.2 Å². The maximum atomic E-state index is 5.46. The average molecular weight is 221 g/mol. The zero-order chi connectivity index (χ0) is 10.7. The topological polar surface area (TPSA) is 51.8 Å². The lowest BCUT2D eigenvalue weighted by Crippen LogP contribution is -1.92. The van der Waals surface area contributed by atoms with Crippen LogP contribution in [0.15, 0.2) is 22.7 Å².